The van der Waals surface area contributed by atoms with Gasteiger partial charge in [0.1, 0.15) is 12.6 Å². The zero-order chi connectivity index (χ0) is 25.9. The molecular weight excluding hydrogens is 460 g/mol. The van der Waals surface area contributed by atoms with Crippen LogP contribution in [0.1, 0.15) is 55.6 Å². The quantitative estimate of drug-likeness (QED) is 0.252. The molecule has 0 bridgehead atoms. The number of alkyl carbamates (subject to hydrolysis) is 1. The number of carbonyl (C=O) groups excluding carboxylic acids is 2. The first kappa shape index (κ1) is 27.2. The van der Waals surface area contributed by atoms with Crippen molar-refractivity contribution in [2.24, 2.45) is 11.5 Å². The molecule has 1 aliphatic rings. The van der Waals surface area contributed by atoms with Crippen LogP contribution < -0.4 is 22.1 Å². The van der Waals surface area contributed by atoms with Gasteiger partial charge < -0.3 is 31.9 Å². The highest BCUT2D eigenvalue weighted by Crippen LogP contribution is 2.44. The van der Waals surface area contributed by atoms with Crippen molar-refractivity contribution in [3.63, 3.8) is 0 Å². The van der Waals surface area contributed by atoms with E-state index in [9.17, 15) is 19.5 Å². The zero-order valence-corrected chi connectivity index (χ0v) is 20.4. The zero-order valence-electron chi connectivity index (χ0n) is 20.4. The van der Waals surface area contributed by atoms with Crippen molar-refractivity contribution in [1.82, 2.24) is 10.6 Å². The Morgan fingerprint density at radius 1 is 0.917 bits per heavy atom. The van der Waals surface area contributed by atoms with Crippen LogP contribution in [0, 0.1) is 0 Å². The van der Waals surface area contributed by atoms with Crippen LogP contribution in [0.25, 0.3) is 11.1 Å². The summed E-state index contributed by atoms with van der Waals surface area (Å²) in [5.74, 6) is -1.45. The molecule has 194 valence electrons. The van der Waals surface area contributed by atoms with Crippen LogP contribution in [0.15, 0.2) is 48.5 Å². The smallest absolute Gasteiger partial charge is 0.407 e. The Kier molecular flexibility index (Phi) is 10.3. The predicted molar refractivity (Wildman–Crippen MR) is 137 cm³/mol. The average Bonchev–Trinajstić information content (AvgIpc) is 3.20. The number of benzene rings is 2. The summed E-state index contributed by atoms with van der Waals surface area (Å²) in [6, 6.07) is 14.4. The lowest BCUT2D eigenvalue weighted by Crippen LogP contribution is -2.42. The van der Waals surface area contributed by atoms with Crippen LogP contribution in [0.4, 0.5) is 4.79 Å². The first-order chi connectivity index (χ1) is 17.4. The van der Waals surface area contributed by atoms with Crippen LogP contribution in [-0.4, -0.2) is 54.9 Å². The van der Waals surface area contributed by atoms with E-state index in [1.54, 1.807) is 0 Å². The summed E-state index contributed by atoms with van der Waals surface area (Å²) in [6.45, 7) is 1.08. The Morgan fingerprint density at radius 3 is 2.14 bits per heavy atom. The third kappa shape index (κ3) is 7.29. The summed E-state index contributed by atoms with van der Waals surface area (Å²) in [7, 11) is 0. The fourth-order valence-corrected chi connectivity index (χ4v) is 4.50. The van der Waals surface area contributed by atoms with Gasteiger partial charge in [0.2, 0.25) is 5.91 Å². The van der Waals surface area contributed by atoms with Crippen LogP contribution >= 0.6 is 0 Å². The molecule has 0 heterocycles. The highest BCUT2D eigenvalue weighted by Gasteiger charge is 2.29. The van der Waals surface area contributed by atoms with E-state index < -0.39 is 24.1 Å². The third-order valence-electron chi connectivity index (χ3n) is 6.46. The van der Waals surface area contributed by atoms with Crippen molar-refractivity contribution in [2.45, 2.75) is 56.5 Å². The molecule has 2 amide bonds. The molecule has 2 aromatic rings. The van der Waals surface area contributed by atoms with Gasteiger partial charge in [-0.1, -0.05) is 55.0 Å². The molecule has 9 heteroatoms. The number of unbranched alkanes of at least 4 members (excludes halogenated alkanes) is 2. The number of fused-ring (bicyclic) bond motifs is 3. The van der Waals surface area contributed by atoms with Crippen LogP contribution in [0.5, 0.6) is 0 Å². The summed E-state index contributed by atoms with van der Waals surface area (Å²) >= 11 is 0. The van der Waals surface area contributed by atoms with Gasteiger partial charge in [-0.2, -0.15) is 0 Å². The maximum absolute atomic E-state index is 12.4. The van der Waals surface area contributed by atoms with Gasteiger partial charge >= 0.3 is 12.1 Å². The topological polar surface area (TPSA) is 157 Å². The molecule has 0 fully saturated rings. The number of amides is 2. The summed E-state index contributed by atoms with van der Waals surface area (Å²) in [5, 5.41) is 14.7. The minimum Gasteiger partial charge on any atom is -0.480 e. The minimum atomic E-state index is -1.13. The Morgan fingerprint density at radius 2 is 1.53 bits per heavy atom. The van der Waals surface area contributed by atoms with Crippen LogP contribution in [0.2, 0.25) is 0 Å². The Balaban J connectivity index is 1.41. The van der Waals surface area contributed by atoms with E-state index >= 15 is 0 Å². The lowest BCUT2D eigenvalue weighted by atomic mass is 9.98. The molecule has 9 nitrogen and oxygen atoms in total. The van der Waals surface area contributed by atoms with Gasteiger partial charge in [-0.15, -0.1) is 0 Å². The van der Waals surface area contributed by atoms with Crippen molar-refractivity contribution in [2.75, 3.05) is 19.7 Å². The van der Waals surface area contributed by atoms with Crippen molar-refractivity contribution in [3.05, 3.63) is 59.7 Å². The third-order valence-corrected chi connectivity index (χ3v) is 6.46. The van der Waals surface area contributed by atoms with Crippen molar-refractivity contribution in [1.29, 1.82) is 0 Å². The first-order valence-electron chi connectivity index (χ1n) is 12.5. The molecule has 0 aliphatic heterocycles. The van der Waals surface area contributed by atoms with E-state index in [2.05, 4.69) is 10.6 Å². The molecule has 3 rings (SSSR count). The Hall–Kier alpha value is -3.43. The molecule has 0 spiro atoms. The van der Waals surface area contributed by atoms with Gasteiger partial charge in [0.25, 0.3) is 0 Å². The SMILES string of the molecule is NCCCCC(N)C(=O)NCCCCC(NC(=O)OCC1c2ccccc2-c2ccccc21)C(=O)O. The highest BCUT2D eigenvalue weighted by atomic mass is 16.5. The lowest BCUT2D eigenvalue weighted by Gasteiger charge is -2.17. The molecule has 2 aromatic carbocycles. The van der Waals surface area contributed by atoms with Crippen molar-refractivity contribution in [3.8, 4) is 11.1 Å². The number of aliphatic carboxylic acids is 1. The molecule has 1 aliphatic carbocycles. The van der Waals surface area contributed by atoms with E-state index in [1.165, 1.54) is 0 Å². The van der Waals surface area contributed by atoms with E-state index in [1.807, 2.05) is 48.5 Å². The molecule has 0 aromatic heterocycles. The lowest BCUT2D eigenvalue weighted by molar-refractivity contribution is -0.139. The van der Waals surface area contributed by atoms with Crippen molar-refractivity contribution < 1.29 is 24.2 Å². The standard InChI is InChI=1S/C27H36N4O5/c28-15-7-5-13-23(29)25(32)30-16-8-6-14-24(26(33)34)31-27(35)36-17-22-20-11-3-1-9-18(20)19-10-2-4-12-21(19)22/h1-4,9-12,22-24H,5-8,13-17,28-29H2,(H,30,32)(H,31,35)(H,33,34). The monoisotopic (exact) mass is 496 g/mol. The van der Waals surface area contributed by atoms with E-state index in [-0.39, 0.29) is 24.9 Å². The number of ether oxygens (including phenoxy) is 1. The number of carboxylic acid groups (broad SMARTS) is 1. The number of rotatable bonds is 14. The minimum absolute atomic E-state index is 0.100. The first-order valence-corrected chi connectivity index (χ1v) is 12.5. The Labute approximate surface area is 211 Å². The Bertz CT molecular complexity index is 999. The highest BCUT2D eigenvalue weighted by molar-refractivity contribution is 5.82. The van der Waals surface area contributed by atoms with Crippen LogP contribution in [-0.2, 0) is 14.3 Å². The van der Waals surface area contributed by atoms with Gasteiger partial charge in [0, 0.05) is 12.5 Å². The summed E-state index contributed by atoms with van der Waals surface area (Å²) in [4.78, 5) is 36.1. The maximum atomic E-state index is 12.4. The molecule has 0 radical (unpaired) electrons. The number of nitrogens with one attached hydrogen (secondary N) is 2. The summed E-state index contributed by atoms with van der Waals surface area (Å²) < 4.78 is 5.45. The molecule has 0 saturated heterocycles. The molecule has 36 heavy (non-hydrogen) atoms. The summed E-state index contributed by atoms with van der Waals surface area (Å²) in [6.07, 6.45) is 2.73. The predicted octanol–water partition coefficient (Wildman–Crippen LogP) is 2.72. The molecule has 2 atom stereocenters. The number of carboxylic acids is 1. The largest absolute Gasteiger partial charge is 0.480 e. The molecule has 7 N–H and O–H groups in total. The molecule has 2 unspecified atom stereocenters. The van der Waals surface area contributed by atoms with E-state index in [0.717, 1.165) is 35.1 Å². The normalized spacial score (nSPS) is 13.8. The second-order valence-electron chi connectivity index (χ2n) is 9.04. The molecule has 0 saturated carbocycles. The summed E-state index contributed by atoms with van der Waals surface area (Å²) in [5.41, 5.74) is 15.7. The number of carbonyl (C=O) groups is 3. The van der Waals surface area contributed by atoms with E-state index in [0.29, 0.717) is 32.4 Å². The van der Waals surface area contributed by atoms with Gasteiger partial charge in [0.05, 0.1) is 6.04 Å². The second-order valence-corrected chi connectivity index (χ2v) is 9.04. The maximum Gasteiger partial charge on any atom is 0.407 e. The van der Waals surface area contributed by atoms with Crippen LogP contribution in [0.3, 0.4) is 0 Å². The van der Waals surface area contributed by atoms with Gasteiger partial charge in [-0.25, -0.2) is 9.59 Å². The van der Waals surface area contributed by atoms with Gasteiger partial charge in [0.15, 0.2) is 0 Å². The van der Waals surface area contributed by atoms with E-state index in [4.69, 9.17) is 16.2 Å². The fraction of sp³-hybridized carbons (Fsp3) is 0.444. The fourth-order valence-electron chi connectivity index (χ4n) is 4.50. The number of hydrogen-bond acceptors (Lipinski definition) is 6. The van der Waals surface area contributed by atoms with Crippen molar-refractivity contribution >= 4 is 18.0 Å². The number of nitrogens with two attached hydrogens (primary N) is 2. The van der Waals surface area contributed by atoms with Gasteiger partial charge in [-0.05, 0) is 60.9 Å². The average molecular weight is 497 g/mol. The second kappa shape index (κ2) is 13.6. The van der Waals surface area contributed by atoms with Gasteiger partial charge in [-0.3, -0.25) is 4.79 Å². The molecular formula is C27H36N4O5. The number of hydrogen-bond donors (Lipinski definition) is 5.